The molecule has 3 heterocycles. The van der Waals surface area contributed by atoms with Gasteiger partial charge in [0.1, 0.15) is 0 Å². The van der Waals surface area contributed by atoms with Crippen molar-refractivity contribution in [2.24, 2.45) is 0 Å². The number of aromatic amines is 1. The number of hydrogen-bond donors (Lipinski definition) is 1. The van der Waals surface area contributed by atoms with E-state index in [1.54, 1.807) is 12.1 Å². The standard InChI is InChI=1S/C19H22F2N4O/c20-15-5-3-4-14(18(15)21)12-24-9-6-13(11-24)16-10-17(26)23-19(22-16)25-7-1-2-8-25/h3-5,10,13H,1-2,6-9,11-12H2,(H,22,23,26). The molecule has 2 aromatic rings. The van der Waals surface area contributed by atoms with Crippen LogP contribution in [0.3, 0.4) is 0 Å². The number of benzene rings is 1. The molecule has 7 heteroatoms. The molecule has 2 aliphatic rings. The molecule has 2 fully saturated rings. The molecule has 4 rings (SSSR count). The number of rotatable bonds is 4. The topological polar surface area (TPSA) is 52.2 Å². The fourth-order valence-corrected chi connectivity index (χ4v) is 3.88. The molecular weight excluding hydrogens is 338 g/mol. The Balaban J connectivity index is 1.48. The van der Waals surface area contributed by atoms with Crippen molar-refractivity contribution in [1.29, 1.82) is 0 Å². The Kier molecular flexibility index (Phi) is 4.72. The van der Waals surface area contributed by atoms with Gasteiger partial charge in [-0.3, -0.25) is 14.7 Å². The van der Waals surface area contributed by atoms with Crippen LogP contribution < -0.4 is 10.5 Å². The fraction of sp³-hybridized carbons (Fsp3) is 0.474. The predicted octanol–water partition coefficient (Wildman–Crippen LogP) is 2.64. The normalized spacial score (nSPS) is 20.8. The van der Waals surface area contributed by atoms with Crippen LogP contribution in [0.2, 0.25) is 0 Å². The summed E-state index contributed by atoms with van der Waals surface area (Å²) in [5, 5.41) is 0. The highest BCUT2D eigenvalue weighted by Gasteiger charge is 2.27. The van der Waals surface area contributed by atoms with Crippen LogP contribution >= 0.6 is 0 Å². The lowest BCUT2D eigenvalue weighted by Gasteiger charge is -2.19. The van der Waals surface area contributed by atoms with Crippen LogP contribution in [0, 0.1) is 11.6 Å². The summed E-state index contributed by atoms with van der Waals surface area (Å²) in [5.41, 5.74) is 1.02. The lowest BCUT2D eigenvalue weighted by molar-refractivity contribution is 0.318. The van der Waals surface area contributed by atoms with Gasteiger partial charge in [-0.1, -0.05) is 12.1 Å². The molecule has 2 aliphatic heterocycles. The molecule has 1 unspecified atom stereocenters. The van der Waals surface area contributed by atoms with Gasteiger partial charge in [0.05, 0.1) is 5.69 Å². The number of likely N-dealkylation sites (tertiary alicyclic amines) is 1. The smallest absolute Gasteiger partial charge is 0.252 e. The van der Waals surface area contributed by atoms with Crippen LogP contribution in [0.5, 0.6) is 0 Å². The van der Waals surface area contributed by atoms with E-state index in [4.69, 9.17) is 0 Å². The average Bonchev–Trinajstić information content (AvgIpc) is 3.30. The molecule has 1 N–H and O–H groups in total. The van der Waals surface area contributed by atoms with Gasteiger partial charge in [0.15, 0.2) is 11.6 Å². The van der Waals surface area contributed by atoms with Gasteiger partial charge < -0.3 is 4.90 Å². The first kappa shape index (κ1) is 17.1. The molecule has 5 nitrogen and oxygen atoms in total. The maximum Gasteiger partial charge on any atom is 0.252 e. The average molecular weight is 360 g/mol. The first-order chi connectivity index (χ1) is 12.6. The number of nitrogens with zero attached hydrogens (tertiary/aromatic N) is 3. The summed E-state index contributed by atoms with van der Waals surface area (Å²) in [6.45, 7) is 3.66. The summed E-state index contributed by atoms with van der Waals surface area (Å²) in [4.78, 5) is 23.8. The molecule has 1 aromatic heterocycles. The maximum absolute atomic E-state index is 13.9. The van der Waals surface area contributed by atoms with Gasteiger partial charge in [-0.05, 0) is 31.9 Å². The maximum atomic E-state index is 13.9. The predicted molar refractivity (Wildman–Crippen MR) is 95.3 cm³/mol. The van der Waals surface area contributed by atoms with Gasteiger partial charge in [-0.2, -0.15) is 0 Å². The van der Waals surface area contributed by atoms with E-state index in [0.29, 0.717) is 24.6 Å². The fourth-order valence-electron chi connectivity index (χ4n) is 3.88. The highest BCUT2D eigenvalue weighted by atomic mass is 19.2. The third-order valence-corrected chi connectivity index (χ3v) is 5.27. The number of halogens is 2. The summed E-state index contributed by atoms with van der Waals surface area (Å²) >= 11 is 0. The summed E-state index contributed by atoms with van der Waals surface area (Å²) in [6, 6.07) is 5.84. The van der Waals surface area contributed by atoms with E-state index in [-0.39, 0.29) is 11.5 Å². The van der Waals surface area contributed by atoms with Gasteiger partial charge in [0.25, 0.3) is 5.56 Å². The molecule has 1 atom stereocenters. The molecule has 1 aromatic carbocycles. The number of hydrogen-bond acceptors (Lipinski definition) is 4. The van der Waals surface area contributed by atoms with Gasteiger partial charge in [-0.25, -0.2) is 13.8 Å². The second-order valence-corrected chi connectivity index (χ2v) is 7.12. The quantitative estimate of drug-likeness (QED) is 0.911. The minimum atomic E-state index is -0.815. The largest absolute Gasteiger partial charge is 0.342 e. The monoisotopic (exact) mass is 360 g/mol. The zero-order chi connectivity index (χ0) is 18.1. The van der Waals surface area contributed by atoms with E-state index >= 15 is 0 Å². The summed E-state index contributed by atoms with van der Waals surface area (Å²) < 4.78 is 27.3. The van der Waals surface area contributed by atoms with Crippen molar-refractivity contribution >= 4 is 5.95 Å². The number of anilines is 1. The Bertz CT molecular complexity index is 848. The van der Waals surface area contributed by atoms with Crippen molar-refractivity contribution in [1.82, 2.24) is 14.9 Å². The van der Waals surface area contributed by atoms with Crippen molar-refractivity contribution in [3.63, 3.8) is 0 Å². The van der Waals surface area contributed by atoms with Gasteiger partial charge in [0, 0.05) is 43.7 Å². The minimum Gasteiger partial charge on any atom is -0.342 e. The second kappa shape index (κ2) is 7.15. The zero-order valence-electron chi connectivity index (χ0n) is 14.5. The van der Waals surface area contributed by atoms with Crippen molar-refractivity contribution in [2.45, 2.75) is 31.7 Å². The van der Waals surface area contributed by atoms with Crippen molar-refractivity contribution < 1.29 is 8.78 Å². The van der Waals surface area contributed by atoms with Crippen LogP contribution in [-0.4, -0.2) is 41.0 Å². The zero-order valence-corrected chi connectivity index (χ0v) is 14.5. The SMILES string of the molecule is O=c1cc(C2CCN(Cc3cccc(F)c3F)C2)nc(N2CCCC2)[nH]1. The van der Waals surface area contributed by atoms with E-state index < -0.39 is 11.6 Å². The lowest BCUT2D eigenvalue weighted by Crippen LogP contribution is -2.25. The minimum absolute atomic E-state index is 0.133. The van der Waals surface area contributed by atoms with Crippen LogP contribution in [0.15, 0.2) is 29.1 Å². The van der Waals surface area contributed by atoms with Crippen LogP contribution in [0.25, 0.3) is 0 Å². The second-order valence-electron chi connectivity index (χ2n) is 7.12. The molecule has 0 amide bonds. The molecule has 0 saturated carbocycles. The van der Waals surface area contributed by atoms with Crippen molar-refractivity contribution in [2.75, 3.05) is 31.1 Å². The first-order valence-electron chi connectivity index (χ1n) is 9.11. The first-order valence-corrected chi connectivity index (χ1v) is 9.11. The van der Waals surface area contributed by atoms with Crippen LogP contribution in [0.1, 0.15) is 36.4 Å². The molecule has 138 valence electrons. The highest BCUT2D eigenvalue weighted by Crippen LogP contribution is 2.28. The molecular formula is C19H22F2N4O. The molecule has 0 spiro atoms. The summed E-state index contributed by atoms with van der Waals surface area (Å²) in [6.07, 6.45) is 3.08. The molecule has 0 aliphatic carbocycles. The van der Waals surface area contributed by atoms with E-state index in [2.05, 4.69) is 19.8 Å². The molecule has 2 saturated heterocycles. The van der Waals surface area contributed by atoms with Gasteiger partial charge in [0.2, 0.25) is 5.95 Å². The number of nitrogens with one attached hydrogen (secondary N) is 1. The van der Waals surface area contributed by atoms with Crippen LogP contribution in [-0.2, 0) is 6.54 Å². The lowest BCUT2D eigenvalue weighted by atomic mass is 10.0. The van der Waals surface area contributed by atoms with Crippen LogP contribution in [0.4, 0.5) is 14.7 Å². The Morgan fingerprint density at radius 3 is 2.81 bits per heavy atom. The van der Waals surface area contributed by atoms with Crippen molar-refractivity contribution in [3.05, 3.63) is 57.5 Å². The molecule has 0 radical (unpaired) electrons. The van der Waals surface area contributed by atoms with E-state index in [1.165, 1.54) is 6.07 Å². The van der Waals surface area contributed by atoms with Gasteiger partial charge in [-0.15, -0.1) is 0 Å². The third-order valence-electron chi connectivity index (χ3n) is 5.27. The van der Waals surface area contributed by atoms with Crippen molar-refractivity contribution in [3.8, 4) is 0 Å². The van der Waals surface area contributed by atoms with E-state index in [1.807, 2.05) is 0 Å². The number of H-pyrrole nitrogens is 1. The number of aromatic nitrogens is 2. The van der Waals surface area contributed by atoms with E-state index in [9.17, 15) is 13.6 Å². The summed E-state index contributed by atoms with van der Waals surface area (Å²) in [7, 11) is 0. The third kappa shape index (κ3) is 3.49. The van der Waals surface area contributed by atoms with E-state index in [0.717, 1.165) is 50.7 Å². The Labute approximate surface area is 150 Å². The molecule has 0 bridgehead atoms. The Morgan fingerprint density at radius 2 is 2.00 bits per heavy atom. The van der Waals surface area contributed by atoms with Gasteiger partial charge >= 0.3 is 0 Å². The Morgan fingerprint density at radius 1 is 1.19 bits per heavy atom. The highest BCUT2D eigenvalue weighted by molar-refractivity contribution is 5.32. The molecule has 26 heavy (non-hydrogen) atoms. The summed E-state index contributed by atoms with van der Waals surface area (Å²) in [5.74, 6) is -0.804. The Hall–Kier alpha value is -2.28.